The van der Waals surface area contributed by atoms with Crippen molar-refractivity contribution in [2.75, 3.05) is 0 Å². The molecule has 2 nitrogen and oxygen atoms in total. The number of halogens is 1. The second-order valence-corrected chi connectivity index (χ2v) is 7.01. The summed E-state index contributed by atoms with van der Waals surface area (Å²) in [4.78, 5) is 4.61. The van der Waals surface area contributed by atoms with Gasteiger partial charge in [0.2, 0.25) is 0 Å². The highest BCUT2D eigenvalue weighted by Gasteiger charge is 2.05. The van der Waals surface area contributed by atoms with Gasteiger partial charge in [0, 0.05) is 16.8 Å². The molecular formula is C25H20ClNO. The topological polar surface area (TPSA) is 21.6 Å². The van der Waals surface area contributed by atoms with Gasteiger partial charge in [-0.05, 0) is 53.1 Å². The van der Waals surface area contributed by atoms with Crippen LogP contribution in [0.1, 0.15) is 16.7 Å². The SMILES string of the molecule is Cc1c(Cl)cccc1N=Cc1ccccc1OCc1cccc2ccccc12. The van der Waals surface area contributed by atoms with Crippen molar-refractivity contribution in [3.63, 3.8) is 0 Å². The summed E-state index contributed by atoms with van der Waals surface area (Å²) in [7, 11) is 0. The van der Waals surface area contributed by atoms with Crippen LogP contribution in [0.15, 0.2) is 89.9 Å². The number of ether oxygens (including phenoxy) is 1. The highest BCUT2D eigenvalue weighted by atomic mass is 35.5. The molecule has 4 rings (SSSR count). The molecule has 4 aromatic carbocycles. The van der Waals surface area contributed by atoms with Gasteiger partial charge >= 0.3 is 0 Å². The van der Waals surface area contributed by atoms with E-state index in [1.807, 2.05) is 55.6 Å². The summed E-state index contributed by atoms with van der Waals surface area (Å²) in [6, 6.07) is 28.3. The van der Waals surface area contributed by atoms with Gasteiger partial charge in [0.05, 0.1) is 5.69 Å². The van der Waals surface area contributed by atoms with E-state index >= 15 is 0 Å². The van der Waals surface area contributed by atoms with E-state index < -0.39 is 0 Å². The fourth-order valence-corrected chi connectivity index (χ4v) is 3.34. The van der Waals surface area contributed by atoms with E-state index in [-0.39, 0.29) is 0 Å². The molecule has 0 saturated heterocycles. The maximum Gasteiger partial charge on any atom is 0.128 e. The van der Waals surface area contributed by atoms with Crippen molar-refractivity contribution in [3.8, 4) is 5.75 Å². The van der Waals surface area contributed by atoms with Crippen LogP contribution in [0.3, 0.4) is 0 Å². The molecule has 28 heavy (non-hydrogen) atoms. The third-order valence-electron chi connectivity index (χ3n) is 4.76. The third-order valence-corrected chi connectivity index (χ3v) is 5.17. The molecule has 138 valence electrons. The van der Waals surface area contributed by atoms with Crippen LogP contribution in [0.4, 0.5) is 5.69 Å². The zero-order valence-corrected chi connectivity index (χ0v) is 16.4. The van der Waals surface area contributed by atoms with Gasteiger partial charge in [0.1, 0.15) is 12.4 Å². The van der Waals surface area contributed by atoms with E-state index in [2.05, 4.69) is 47.5 Å². The van der Waals surface area contributed by atoms with Crippen molar-refractivity contribution < 1.29 is 4.74 Å². The second-order valence-electron chi connectivity index (χ2n) is 6.61. The molecule has 0 fully saturated rings. The Hall–Kier alpha value is -3.10. The summed E-state index contributed by atoms with van der Waals surface area (Å²) in [6.07, 6.45) is 1.83. The average Bonchev–Trinajstić information content (AvgIpc) is 2.74. The van der Waals surface area contributed by atoms with Crippen molar-refractivity contribution in [2.45, 2.75) is 13.5 Å². The molecule has 0 unspecified atom stereocenters. The zero-order valence-electron chi connectivity index (χ0n) is 15.6. The van der Waals surface area contributed by atoms with Crippen molar-refractivity contribution in [1.29, 1.82) is 0 Å². The summed E-state index contributed by atoms with van der Waals surface area (Å²) in [6.45, 7) is 2.47. The molecule has 0 aliphatic rings. The predicted octanol–water partition coefficient (Wildman–Crippen LogP) is 7.13. The number of rotatable bonds is 5. The van der Waals surface area contributed by atoms with Crippen molar-refractivity contribution in [2.24, 2.45) is 4.99 Å². The molecule has 0 spiro atoms. The Balaban J connectivity index is 1.58. The van der Waals surface area contributed by atoms with Gasteiger partial charge in [-0.2, -0.15) is 0 Å². The molecule has 3 heteroatoms. The van der Waals surface area contributed by atoms with Crippen LogP contribution in [0.25, 0.3) is 10.8 Å². The van der Waals surface area contributed by atoms with E-state index in [4.69, 9.17) is 16.3 Å². The maximum atomic E-state index is 6.19. The Morgan fingerprint density at radius 1 is 0.857 bits per heavy atom. The van der Waals surface area contributed by atoms with Gasteiger partial charge < -0.3 is 4.74 Å². The summed E-state index contributed by atoms with van der Waals surface area (Å²) in [5, 5.41) is 3.15. The van der Waals surface area contributed by atoms with Gasteiger partial charge in [-0.3, -0.25) is 4.99 Å². The highest BCUT2D eigenvalue weighted by molar-refractivity contribution is 6.31. The number of hydrogen-bond donors (Lipinski definition) is 0. The second kappa shape index (κ2) is 8.28. The smallest absolute Gasteiger partial charge is 0.128 e. The van der Waals surface area contributed by atoms with Crippen LogP contribution in [-0.2, 0) is 6.61 Å². The Labute approximate surface area is 170 Å². The van der Waals surface area contributed by atoms with Gasteiger partial charge in [0.25, 0.3) is 0 Å². The van der Waals surface area contributed by atoms with Gasteiger partial charge in [0.15, 0.2) is 0 Å². The van der Waals surface area contributed by atoms with E-state index in [0.29, 0.717) is 6.61 Å². The van der Waals surface area contributed by atoms with Gasteiger partial charge in [-0.15, -0.1) is 0 Å². The summed E-state index contributed by atoms with van der Waals surface area (Å²) >= 11 is 6.19. The third kappa shape index (κ3) is 3.92. The first-order valence-electron chi connectivity index (χ1n) is 9.20. The largest absolute Gasteiger partial charge is 0.488 e. The molecule has 0 heterocycles. The number of aliphatic imine (C=N–C) groups is 1. The summed E-state index contributed by atoms with van der Waals surface area (Å²) in [5.74, 6) is 0.805. The first-order chi connectivity index (χ1) is 13.7. The summed E-state index contributed by atoms with van der Waals surface area (Å²) in [5.41, 5.74) is 3.92. The van der Waals surface area contributed by atoms with Crippen LogP contribution in [0.2, 0.25) is 5.02 Å². The molecule has 0 amide bonds. The Kier molecular flexibility index (Phi) is 5.41. The van der Waals surface area contributed by atoms with Crippen LogP contribution in [0, 0.1) is 6.92 Å². The van der Waals surface area contributed by atoms with Crippen molar-refractivity contribution in [1.82, 2.24) is 0 Å². The van der Waals surface area contributed by atoms with Crippen LogP contribution in [-0.4, -0.2) is 6.21 Å². The van der Waals surface area contributed by atoms with E-state index in [0.717, 1.165) is 33.1 Å². The van der Waals surface area contributed by atoms with E-state index in [9.17, 15) is 0 Å². The quantitative estimate of drug-likeness (QED) is 0.335. The Morgan fingerprint density at radius 2 is 1.61 bits per heavy atom. The molecule has 0 aliphatic heterocycles. The minimum Gasteiger partial charge on any atom is -0.488 e. The molecule has 0 N–H and O–H groups in total. The van der Waals surface area contributed by atoms with Crippen LogP contribution >= 0.6 is 11.6 Å². The number of para-hydroxylation sites is 1. The number of fused-ring (bicyclic) bond motifs is 1. The first kappa shape index (κ1) is 18.3. The molecule has 0 bridgehead atoms. The number of nitrogens with zero attached hydrogens (tertiary/aromatic N) is 1. The highest BCUT2D eigenvalue weighted by Crippen LogP contribution is 2.27. The van der Waals surface area contributed by atoms with Gasteiger partial charge in [-0.25, -0.2) is 0 Å². The molecule has 0 aromatic heterocycles. The molecule has 4 aromatic rings. The van der Waals surface area contributed by atoms with Crippen molar-refractivity contribution in [3.05, 3.63) is 107 Å². The minimum absolute atomic E-state index is 0.502. The lowest BCUT2D eigenvalue weighted by molar-refractivity contribution is 0.307. The van der Waals surface area contributed by atoms with Crippen LogP contribution < -0.4 is 4.74 Å². The molecule has 0 radical (unpaired) electrons. The lowest BCUT2D eigenvalue weighted by Gasteiger charge is -2.11. The number of benzene rings is 4. The average molecular weight is 386 g/mol. The predicted molar refractivity (Wildman–Crippen MR) is 118 cm³/mol. The van der Waals surface area contributed by atoms with Gasteiger partial charge in [-0.1, -0.05) is 72.3 Å². The maximum absolute atomic E-state index is 6.19. The van der Waals surface area contributed by atoms with E-state index in [1.165, 1.54) is 10.8 Å². The van der Waals surface area contributed by atoms with Crippen LogP contribution in [0.5, 0.6) is 5.75 Å². The number of hydrogen-bond acceptors (Lipinski definition) is 2. The molecule has 0 saturated carbocycles. The lowest BCUT2D eigenvalue weighted by atomic mass is 10.1. The first-order valence-corrected chi connectivity index (χ1v) is 9.58. The molecule has 0 atom stereocenters. The fourth-order valence-electron chi connectivity index (χ4n) is 3.17. The Morgan fingerprint density at radius 3 is 2.54 bits per heavy atom. The minimum atomic E-state index is 0.502. The Bertz CT molecular complexity index is 1140. The molecule has 0 aliphatic carbocycles. The van der Waals surface area contributed by atoms with Crippen molar-refractivity contribution >= 4 is 34.3 Å². The standard InChI is InChI=1S/C25H20ClNO/c1-18-23(26)13-7-14-24(18)27-16-20-9-3-5-15-25(20)28-17-21-11-6-10-19-8-2-4-12-22(19)21/h2-16H,17H2,1H3. The monoisotopic (exact) mass is 385 g/mol. The normalized spacial score (nSPS) is 11.2. The fraction of sp³-hybridized carbons (Fsp3) is 0.0800. The lowest BCUT2D eigenvalue weighted by Crippen LogP contribution is -1.99. The zero-order chi connectivity index (χ0) is 19.3. The summed E-state index contributed by atoms with van der Waals surface area (Å²) < 4.78 is 6.16. The van der Waals surface area contributed by atoms with E-state index in [1.54, 1.807) is 0 Å². The molecular weight excluding hydrogens is 366 g/mol.